The highest BCUT2D eigenvalue weighted by atomic mass is 32.2. The summed E-state index contributed by atoms with van der Waals surface area (Å²) in [6.07, 6.45) is 2.20. The second-order valence-corrected chi connectivity index (χ2v) is 5.95. The van der Waals surface area contributed by atoms with Gasteiger partial charge in [0.1, 0.15) is 5.82 Å². The molecule has 0 aromatic carbocycles. The third-order valence-corrected chi connectivity index (χ3v) is 4.81. The molecule has 4 nitrogen and oxygen atoms in total. The molecule has 1 aromatic heterocycles. The van der Waals surface area contributed by atoms with Gasteiger partial charge in [0.2, 0.25) is 0 Å². The van der Waals surface area contributed by atoms with Crippen LogP contribution in [0.3, 0.4) is 0 Å². The van der Waals surface area contributed by atoms with Gasteiger partial charge in [-0.1, -0.05) is 11.8 Å². The summed E-state index contributed by atoms with van der Waals surface area (Å²) >= 11 is 2.94. The van der Waals surface area contributed by atoms with E-state index in [1.54, 1.807) is 11.8 Å². The summed E-state index contributed by atoms with van der Waals surface area (Å²) in [7, 11) is 0. The first-order valence-electron chi connectivity index (χ1n) is 4.99. The largest absolute Gasteiger partial charge is 0.387 e. The molecule has 0 aliphatic heterocycles. The lowest BCUT2D eigenvalue weighted by atomic mass is 10.0. The van der Waals surface area contributed by atoms with Gasteiger partial charge < -0.3 is 10.8 Å². The summed E-state index contributed by atoms with van der Waals surface area (Å²) < 4.78 is 5.02. The fourth-order valence-corrected chi connectivity index (χ4v) is 3.33. The molecule has 0 amide bonds. The zero-order valence-electron chi connectivity index (χ0n) is 8.64. The average Bonchev–Trinajstić information content (AvgIpc) is 3.00. The SMILES string of the molecule is Cc1nsc(SCC(O)(CN)C2CC2)n1. The Kier molecular flexibility index (Phi) is 3.30. The molecule has 0 radical (unpaired) electrons. The van der Waals surface area contributed by atoms with E-state index < -0.39 is 5.60 Å². The molecule has 1 aromatic rings. The Morgan fingerprint density at radius 2 is 2.40 bits per heavy atom. The summed E-state index contributed by atoms with van der Waals surface area (Å²) in [5.74, 6) is 1.82. The Morgan fingerprint density at radius 1 is 1.67 bits per heavy atom. The van der Waals surface area contributed by atoms with E-state index in [2.05, 4.69) is 9.36 Å². The highest BCUT2D eigenvalue weighted by molar-refractivity contribution is 8.01. The third-order valence-electron chi connectivity index (χ3n) is 2.65. The fourth-order valence-electron chi connectivity index (χ4n) is 1.49. The highest BCUT2D eigenvalue weighted by Crippen LogP contribution is 2.41. The van der Waals surface area contributed by atoms with Crippen LogP contribution in [0.1, 0.15) is 18.7 Å². The maximum absolute atomic E-state index is 10.2. The molecule has 0 bridgehead atoms. The summed E-state index contributed by atoms with van der Waals surface area (Å²) in [4.78, 5) is 4.25. The van der Waals surface area contributed by atoms with Crippen molar-refractivity contribution in [2.24, 2.45) is 11.7 Å². The monoisotopic (exact) mass is 245 g/mol. The van der Waals surface area contributed by atoms with Crippen molar-refractivity contribution < 1.29 is 5.11 Å². The molecule has 1 saturated carbocycles. The number of nitrogens with zero attached hydrogens (tertiary/aromatic N) is 2. The summed E-state index contributed by atoms with van der Waals surface area (Å²) in [6, 6.07) is 0. The zero-order valence-corrected chi connectivity index (χ0v) is 10.3. The van der Waals surface area contributed by atoms with Crippen LogP contribution in [0, 0.1) is 12.8 Å². The van der Waals surface area contributed by atoms with Gasteiger partial charge in [-0.2, -0.15) is 4.37 Å². The van der Waals surface area contributed by atoms with Gasteiger partial charge in [-0.3, -0.25) is 0 Å². The Hall–Kier alpha value is -0.170. The van der Waals surface area contributed by atoms with Crippen molar-refractivity contribution in [2.45, 2.75) is 29.7 Å². The van der Waals surface area contributed by atoms with Crippen LogP contribution in [-0.2, 0) is 0 Å². The van der Waals surface area contributed by atoms with Crippen LogP contribution in [0.5, 0.6) is 0 Å². The van der Waals surface area contributed by atoms with Crippen LogP contribution in [0.25, 0.3) is 0 Å². The van der Waals surface area contributed by atoms with Crippen molar-refractivity contribution >= 4 is 23.3 Å². The van der Waals surface area contributed by atoms with Crippen molar-refractivity contribution in [2.75, 3.05) is 12.3 Å². The van der Waals surface area contributed by atoms with Gasteiger partial charge in [-0.15, -0.1) is 0 Å². The first-order valence-corrected chi connectivity index (χ1v) is 6.75. The molecule has 6 heteroatoms. The first-order chi connectivity index (χ1) is 7.14. The van der Waals surface area contributed by atoms with Crippen LogP contribution in [-0.4, -0.2) is 32.4 Å². The molecule has 2 rings (SSSR count). The van der Waals surface area contributed by atoms with Gasteiger partial charge >= 0.3 is 0 Å². The molecule has 1 aliphatic carbocycles. The number of thioether (sulfide) groups is 1. The van der Waals surface area contributed by atoms with Crippen molar-refractivity contribution in [3.63, 3.8) is 0 Å². The minimum atomic E-state index is -0.704. The van der Waals surface area contributed by atoms with Crippen LogP contribution in [0.4, 0.5) is 0 Å². The van der Waals surface area contributed by atoms with E-state index in [0.29, 0.717) is 18.2 Å². The van der Waals surface area contributed by atoms with Crippen molar-refractivity contribution in [3.05, 3.63) is 5.82 Å². The van der Waals surface area contributed by atoms with Crippen LogP contribution in [0.15, 0.2) is 4.34 Å². The first kappa shape index (κ1) is 11.3. The Bertz CT molecular complexity index is 340. The fraction of sp³-hybridized carbons (Fsp3) is 0.778. The van der Waals surface area contributed by atoms with Gasteiger partial charge in [-0.05, 0) is 37.2 Å². The molecule has 0 saturated heterocycles. The smallest absolute Gasteiger partial charge is 0.170 e. The quantitative estimate of drug-likeness (QED) is 0.758. The normalized spacial score (nSPS) is 20.2. The Morgan fingerprint density at radius 3 is 2.87 bits per heavy atom. The molecule has 15 heavy (non-hydrogen) atoms. The Balaban J connectivity index is 1.91. The molecular formula is C9H15N3OS2. The third kappa shape index (κ3) is 2.69. The maximum atomic E-state index is 10.2. The number of rotatable bonds is 5. The van der Waals surface area contributed by atoms with E-state index in [-0.39, 0.29) is 0 Å². The van der Waals surface area contributed by atoms with E-state index in [1.807, 2.05) is 6.92 Å². The maximum Gasteiger partial charge on any atom is 0.170 e. The van der Waals surface area contributed by atoms with E-state index >= 15 is 0 Å². The number of aryl methyl sites for hydroxylation is 1. The summed E-state index contributed by atoms with van der Waals surface area (Å²) in [5.41, 5.74) is 4.92. The zero-order chi connectivity index (χ0) is 10.9. The second kappa shape index (κ2) is 4.37. The van der Waals surface area contributed by atoms with E-state index in [9.17, 15) is 5.11 Å². The molecule has 0 spiro atoms. The average molecular weight is 245 g/mol. The van der Waals surface area contributed by atoms with Crippen LogP contribution < -0.4 is 5.73 Å². The van der Waals surface area contributed by atoms with Gasteiger partial charge in [0, 0.05) is 12.3 Å². The van der Waals surface area contributed by atoms with Gasteiger partial charge in [-0.25, -0.2) is 4.98 Å². The van der Waals surface area contributed by atoms with E-state index in [0.717, 1.165) is 23.0 Å². The van der Waals surface area contributed by atoms with E-state index in [4.69, 9.17) is 5.73 Å². The lowest BCUT2D eigenvalue weighted by Crippen LogP contribution is -2.42. The molecule has 84 valence electrons. The van der Waals surface area contributed by atoms with Crippen molar-refractivity contribution in [1.82, 2.24) is 9.36 Å². The topological polar surface area (TPSA) is 72.0 Å². The summed E-state index contributed by atoms with van der Waals surface area (Å²) in [6.45, 7) is 2.21. The lowest BCUT2D eigenvalue weighted by Gasteiger charge is -2.25. The number of aromatic nitrogens is 2. The van der Waals surface area contributed by atoms with Crippen molar-refractivity contribution in [1.29, 1.82) is 0 Å². The number of hydrogen-bond donors (Lipinski definition) is 2. The van der Waals surface area contributed by atoms with E-state index in [1.165, 1.54) is 11.5 Å². The van der Waals surface area contributed by atoms with Crippen LogP contribution in [0.2, 0.25) is 0 Å². The Labute approximate surface area is 97.5 Å². The predicted octanol–water partition coefficient (Wildman–Crippen LogP) is 1.04. The van der Waals surface area contributed by atoms with Crippen LogP contribution >= 0.6 is 23.3 Å². The molecule has 1 heterocycles. The van der Waals surface area contributed by atoms with Crippen molar-refractivity contribution in [3.8, 4) is 0 Å². The number of nitrogens with two attached hydrogens (primary N) is 1. The molecule has 1 atom stereocenters. The van der Waals surface area contributed by atoms with Gasteiger partial charge in [0.25, 0.3) is 0 Å². The van der Waals surface area contributed by atoms with Gasteiger partial charge in [0.05, 0.1) is 5.60 Å². The van der Waals surface area contributed by atoms with Gasteiger partial charge in [0.15, 0.2) is 4.34 Å². The molecule has 1 unspecified atom stereocenters. The highest BCUT2D eigenvalue weighted by Gasteiger charge is 2.42. The molecule has 3 N–H and O–H groups in total. The minimum absolute atomic E-state index is 0.336. The number of hydrogen-bond acceptors (Lipinski definition) is 6. The molecular weight excluding hydrogens is 230 g/mol. The summed E-state index contributed by atoms with van der Waals surface area (Å²) in [5, 5.41) is 10.2. The molecule has 1 fully saturated rings. The standard InChI is InChI=1S/C9H15N3OS2/c1-6-11-8(15-12-6)14-5-9(13,4-10)7-2-3-7/h7,13H,2-5,10H2,1H3. The number of aliphatic hydroxyl groups is 1. The second-order valence-electron chi connectivity index (χ2n) is 3.98. The minimum Gasteiger partial charge on any atom is -0.387 e. The predicted molar refractivity (Wildman–Crippen MR) is 62.1 cm³/mol. The molecule has 1 aliphatic rings. The lowest BCUT2D eigenvalue weighted by molar-refractivity contribution is 0.0510.